The Balaban J connectivity index is 2.65. The molecule has 1 rings (SSSR count). The molecule has 0 aliphatic heterocycles. The van der Waals surface area contributed by atoms with E-state index in [2.05, 4.69) is 12.2 Å². The molecule has 1 unspecified atom stereocenters. The van der Waals surface area contributed by atoms with Crippen LogP contribution in [0.3, 0.4) is 0 Å². The quantitative estimate of drug-likeness (QED) is 0.484. The van der Waals surface area contributed by atoms with Crippen LogP contribution in [-0.4, -0.2) is 42.8 Å². The summed E-state index contributed by atoms with van der Waals surface area (Å²) in [7, 11) is 0. The first-order valence-electron chi connectivity index (χ1n) is 8.19. The van der Waals surface area contributed by atoms with Crippen LogP contribution in [-0.2, 0) is 11.3 Å². The molecule has 0 heterocycles. The largest absolute Gasteiger partial charge is 0.490 e. The van der Waals surface area contributed by atoms with Crippen molar-refractivity contribution in [2.45, 2.75) is 52.9 Å². The van der Waals surface area contributed by atoms with Crippen molar-refractivity contribution in [2.24, 2.45) is 0 Å². The highest BCUT2D eigenvalue weighted by Gasteiger charge is 2.12. The van der Waals surface area contributed by atoms with Gasteiger partial charge in [0.1, 0.15) is 18.5 Å². The molecule has 5 nitrogen and oxygen atoms in total. The predicted octanol–water partition coefficient (Wildman–Crippen LogP) is 2.55. The molecule has 0 aliphatic carbocycles. The summed E-state index contributed by atoms with van der Waals surface area (Å²) in [6.45, 7) is 9.37. The Bertz CT molecular complexity index is 488. The standard InChI is InChI=1S/C18H29NO4/c1-5-8-22-11-15-6-7-18(17(9-15)14(4)20)23-12-16(21)10-19-13(2)3/h6-7,9,13,16,19,21H,5,8,10-12H2,1-4H3. The minimum atomic E-state index is -0.621. The number of Topliss-reactive ketones (excluding diaryl/α,β-unsaturated/α-hetero) is 1. The van der Waals surface area contributed by atoms with Gasteiger partial charge in [0, 0.05) is 19.2 Å². The molecule has 2 N–H and O–H groups in total. The Hall–Kier alpha value is -1.43. The van der Waals surface area contributed by atoms with Crippen molar-refractivity contribution in [3.05, 3.63) is 29.3 Å². The summed E-state index contributed by atoms with van der Waals surface area (Å²) < 4.78 is 11.1. The molecule has 0 saturated carbocycles. The normalized spacial score (nSPS) is 12.4. The van der Waals surface area contributed by atoms with Gasteiger partial charge in [-0.1, -0.05) is 26.8 Å². The van der Waals surface area contributed by atoms with Gasteiger partial charge < -0.3 is 19.9 Å². The zero-order valence-corrected chi connectivity index (χ0v) is 14.6. The second-order valence-electron chi connectivity index (χ2n) is 5.97. The fraction of sp³-hybridized carbons (Fsp3) is 0.611. The number of carbonyl (C=O) groups is 1. The van der Waals surface area contributed by atoms with Gasteiger partial charge in [-0.2, -0.15) is 0 Å². The predicted molar refractivity (Wildman–Crippen MR) is 91.0 cm³/mol. The number of benzene rings is 1. The fourth-order valence-electron chi connectivity index (χ4n) is 2.02. The molecule has 0 saturated heterocycles. The topological polar surface area (TPSA) is 67.8 Å². The maximum Gasteiger partial charge on any atom is 0.163 e. The summed E-state index contributed by atoms with van der Waals surface area (Å²) in [5.74, 6) is 0.437. The van der Waals surface area contributed by atoms with E-state index in [1.165, 1.54) is 6.92 Å². The van der Waals surface area contributed by atoms with E-state index >= 15 is 0 Å². The zero-order chi connectivity index (χ0) is 17.2. The van der Waals surface area contributed by atoms with Crippen LogP contribution in [0.2, 0.25) is 0 Å². The molecule has 0 amide bonds. The SMILES string of the molecule is CCCOCc1ccc(OCC(O)CNC(C)C)c(C(C)=O)c1. The van der Waals surface area contributed by atoms with E-state index in [-0.39, 0.29) is 12.4 Å². The lowest BCUT2D eigenvalue weighted by Gasteiger charge is -2.16. The first-order chi connectivity index (χ1) is 10.9. The number of ether oxygens (including phenoxy) is 2. The lowest BCUT2D eigenvalue weighted by Crippen LogP contribution is -2.35. The van der Waals surface area contributed by atoms with Gasteiger partial charge in [-0.15, -0.1) is 0 Å². The number of rotatable bonds is 11. The first-order valence-corrected chi connectivity index (χ1v) is 8.19. The molecule has 5 heteroatoms. The van der Waals surface area contributed by atoms with Gasteiger partial charge in [0.2, 0.25) is 0 Å². The Morgan fingerprint density at radius 1 is 1.35 bits per heavy atom. The Labute approximate surface area is 139 Å². The van der Waals surface area contributed by atoms with Gasteiger partial charge in [0.25, 0.3) is 0 Å². The second-order valence-corrected chi connectivity index (χ2v) is 5.97. The van der Waals surface area contributed by atoms with Crippen molar-refractivity contribution >= 4 is 5.78 Å². The van der Waals surface area contributed by atoms with Crippen LogP contribution in [0.1, 0.15) is 50.0 Å². The monoisotopic (exact) mass is 323 g/mol. The molecule has 0 radical (unpaired) electrons. The molecule has 0 aromatic heterocycles. The summed E-state index contributed by atoms with van der Waals surface area (Å²) in [6.07, 6.45) is 0.341. The highest BCUT2D eigenvalue weighted by atomic mass is 16.5. The van der Waals surface area contributed by atoms with E-state index in [1.807, 2.05) is 19.9 Å². The van der Waals surface area contributed by atoms with Crippen molar-refractivity contribution < 1.29 is 19.4 Å². The highest BCUT2D eigenvalue weighted by molar-refractivity contribution is 5.97. The van der Waals surface area contributed by atoms with Crippen LogP contribution in [0.25, 0.3) is 0 Å². The van der Waals surface area contributed by atoms with E-state index in [9.17, 15) is 9.90 Å². The number of aliphatic hydroxyl groups excluding tert-OH is 1. The molecule has 1 aromatic rings. The van der Waals surface area contributed by atoms with Crippen molar-refractivity contribution in [3.8, 4) is 5.75 Å². The van der Waals surface area contributed by atoms with Crippen LogP contribution in [0, 0.1) is 0 Å². The fourth-order valence-corrected chi connectivity index (χ4v) is 2.02. The minimum absolute atomic E-state index is 0.0628. The molecule has 0 bridgehead atoms. The molecule has 0 aliphatic rings. The molecular formula is C18H29NO4. The third kappa shape index (κ3) is 7.59. The highest BCUT2D eigenvalue weighted by Crippen LogP contribution is 2.21. The number of nitrogens with one attached hydrogen (secondary N) is 1. The van der Waals surface area contributed by atoms with Crippen molar-refractivity contribution in [1.29, 1.82) is 0 Å². The Morgan fingerprint density at radius 3 is 2.70 bits per heavy atom. The van der Waals surface area contributed by atoms with Gasteiger partial charge in [0.05, 0.1) is 12.2 Å². The first kappa shape index (κ1) is 19.6. The van der Waals surface area contributed by atoms with Gasteiger partial charge in [0.15, 0.2) is 5.78 Å². The number of carbonyl (C=O) groups excluding carboxylic acids is 1. The maximum atomic E-state index is 11.8. The summed E-state index contributed by atoms with van der Waals surface area (Å²) in [6, 6.07) is 5.76. The van der Waals surface area contributed by atoms with Crippen LogP contribution in [0.4, 0.5) is 0 Å². The van der Waals surface area contributed by atoms with Crippen molar-refractivity contribution in [1.82, 2.24) is 5.32 Å². The number of ketones is 1. The number of hydrogen-bond acceptors (Lipinski definition) is 5. The second kappa shape index (κ2) is 10.4. The summed E-state index contributed by atoms with van der Waals surface area (Å²) in [5, 5.41) is 13.0. The van der Waals surface area contributed by atoms with Crippen LogP contribution < -0.4 is 10.1 Å². The Morgan fingerprint density at radius 2 is 2.09 bits per heavy atom. The Kier molecular flexibility index (Phi) is 8.84. The number of hydrogen-bond donors (Lipinski definition) is 2. The lowest BCUT2D eigenvalue weighted by molar-refractivity contribution is 0.0966. The molecule has 0 fully saturated rings. The average Bonchev–Trinajstić information content (AvgIpc) is 2.51. The van der Waals surface area contributed by atoms with E-state index in [0.29, 0.717) is 37.1 Å². The average molecular weight is 323 g/mol. The lowest BCUT2D eigenvalue weighted by atomic mass is 10.1. The zero-order valence-electron chi connectivity index (χ0n) is 14.6. The molecule has 130 valence electrons. The van der Waals surface area contributed by atoms with E-state index in [0.717, 1.165) is 12.0 Å². The molecule has 1 atom stereocenters. The molecule has 0 spiro atoms. The van der Waals surface area contributed by atoms with E-state index in [1.54, 1.807) is 12.1 Å². The third-order valence-corrected chi connectivity index (χ3v) is 3.23. The van der Waals surface area contributed by atoms with Gasteiger partial charge in [-0.05, 0) is 31.0 Å². The summed E-state index contributed by atoms with van der Waals surface area (Å²) in [4.78, 5) is 11.8. The van der Waals surface area contributed by atoms with Crippen LogP contribution in [0.15, 0.2) is 18.2 Å². The summed E-state index contributed by atoms with van der Waals surface area (Å²) in [5.41, 5.74) is 1.46. The van der Waals surface area contributed by atoms with E-state index < -0.39 is 6.10 Å². The third-order valence-electron chi connectivity index (χ3n) is 3.23. The molecular weight excluding hydrogens is 294 g/mol. The van der Waals surface area contributed by atoms with Crippen LogP contribution in [0.5, 0.6) is 5.75 Å². The maximum absolute atomic E-state index is 11.8. The molecule has 1 aromatic carbocycles. The van der Waals surface area contributed by atoms with Gasteiger partial charge in [-0.25, -0.2) is 0 Å². The minimum Gasteiger partial charge on any atom is -0.490 e. The van der Waals surface area contributed by atoms with Gasteiger partial charge in [-0.3, -0.25) is 4.79 Å². The van der Waals surface area contributed by atoms with Crippen LogP contribution >= 0.6 is 0 Å². The van der Waals surface area contributed by atoms with Crippen molar-refractivity contribution in [3.63, 3.8) is 0 Å². The number of aliphatic hydroxyl groups is 1. The molecule has 23 heavy (non-hydrogen) atoms. The van der Waals surface area contributed by atoms with Gasteiger partial charge >= 0.3 is 0 Å². The van der Waals surface area contributed by atoms with Crippen molar-refractivity contribution in [2.75, 3.05) is 19.8 Å². The summed E-state index contributed by atoms with van der Waals surface area (Å²) >= 11 is 0. The van der Waals surface area contributed by atoms with E-state index in [4.69, 9.17) is 9.47 Å². The smallest absolute Gasteiger partial charge is 0.163 e.